The summed E-state index contributed by atoms with van der Waals surface area (Å²) in [5.41, 5.74) is 2.45. The summed E-state index contributed by atoms with van der Waals surface area (Å²) in [5.74, 6) is -0.162. The van der Waals surface area contributed by atoms with E-state index in [2.05, 4.69) is 0 Å². The second-order valence-electron chi connectivity index (χ2n) is 3.21. The Hall–Kier alpha value is -0.930. The highest BCUT2D eigenvalue weighted by Crippen LogP contribution is 2.17. The molecule has 1 atom stereocenters. The molecule has 0 fully saturated rings. The zero-order chi connectivity index (χ0) is 11.8. The van der Waals surface area contributed by atoms with E-state index in [-0.39, 0.29) is 0 Å². The number of halogens is 1. The number of carbonyl (C=O) groups is 1. The van der Waals surface area contributed by atoms with Gasteiger partial charge in [-0.2, -0.15) is 0 Å². The van der Waals surface area contributed by atoms with Gasteiger partial charge in [-0.3, -0.25) is 4.79 Å². The summed E-state index contributed by atoms with van der Waals surface area (Å²) >= 11 is 6.76. The number of benzene rings is 1. The van der Waals surface area contributed by atoms with Gasteiger partial charge in [0.25, 0.3) is 0 Å². The smallest absolute Gasteiger partial charge is 0.316 e. The van der Waals surface area contributed by atoms with Gasteiger partial charge in [-0.25, -0.2) is 0 Å². The van der Waals surface area contributed by atoms with Gasteiger partial charge in [0.2, 0.25) is 0 Å². The highest BCUT2D eigenvalue weighted by atomic mass is 35.5. The maximum absolute atomic E-state index is 11.0. The quantitative estimate of drug-likeness (QED) is 0.850. The van der Waals surface area contributed by atoms with Crippen LogP contribution in [0.5, 0.6) is 0 Å². The maximum atomic E-state index is 11.0. The summed E-state index contributed by atoms with van der Waals surface area (Å²) in [4.78, 5) is 11.0. The van der Waals surface area contributed by atoms with Crippen molar-refractivity contribution in [1.82, 2.24) is 0 Å². The van der Waals surface area contributed by atoms with Crippen molar-refractivity contribution in [2.75, 3.05) is 5.75 Å². The van der Waals surface area contributed by atoms with Gasteiger partial charge in [-0.15, -0.1) is 11.8 Å². The molecule has 0 aliphatic carbocycles. The fourth-order valence-corrected chi connectivity index (χ4v) is 2.34. The van der Waals surface area contributed by atoms with Crippen LogP contribution < -0.4 is 0 Å². The monoisotopic (exact) mass is 256 g/mol. The lowest BCUT2D eigenvalue weighted by Crippen LogP contribution is -2.19. The highest BCUT2D eigenvalue weighted by molar-refractivity contribution is 8.00. The fourth-order valence-electron chi connectivity index (χ4n) is 1.25. The van der Waals surface area contributed by atoms with E-state index in [1.54, 1.807) is 6.08 Å². The molecular weight excluding hydrogens is 244 g/mol. The van der Waals surface area contributed by atoms with Gasteiger partial charge in [0.15, 0.2) is 0 Å². The number of rotatable bonds is 6. The Bertz CT molecular complexity index is 351. The molecule has 0 aromatic heterocycles. The first-order chi connectivity index (χ1) is 7.74. The Labute approximate surface area is 104 Å². The third kappa shape index (κ3) is 4.73. The van der Waals surface area contributed by atoms with Gasteiger partial charge in [0, 0.05) is 11.3 Å². The van der Waals surface area contributed by atoms with E-state index >= 15 is 0 Å². The molecule has 0 amide bonds. The van der Waals surface area contributed by atoms with E-state index in [4.69, 9.17) is 16.7 Å². The van der Waals surface area contributed by atoms with Crippen molar-refractivity contribution in [2.45, 2.75) is 11.7 Å². The summed E-state index contributed by atoms with van der Waals surface area (Å²) in [7, 11) is 0. The fraction of sp³-hybridized carbons (Fsp3) is 0.250. The first-order valence-corrected chi connectivity index (χ1v) is 6.36. The Morgan fingerprint density at radius 1 is 1.44 bits per heavy atom. The molecule has 0 radical (unpaired) electrons. The third-order valence-corrected chi connectivity index (χ3v) is 3.36. The molecule has 0 saturated heterocycles. The van der Waals surface area contributed by atoms with Crippen molar-refractivity contribution in [3.05, 3.63) is 47.5 Å². The molecular formula is C12H13ClO2S. The number of aliphatic carboxylic acids is 1. The van der Waals surface area contributed by atoms with E-state index in [0.717, 1.165) is 5.56 Å². The minimum absolute atomic E-state index is 0.421. The lowest BCUT2D eigenvalue weighted by molar-refractivity contribution is -0.136. The van der Waals surface area contributed by atoms with E-state index < -0.39 is 11.2 Å². The standard InChI is InChI=1S/C12H13ClO2S/c13-7-4-8-16-11(12(14)15)9-10-5-2-1-3-6-10/h1-7,11H,8-9H2,(H,14,15)/b7-4+. The van der Waals surface area contributed by atoms with Gasteiger partial charge in [0.1, 0.15) is 5.25 Å². The first kappa shape index (κ1) is 13.1. The molecule has 0 spiro atoms. The average molecular weight is 257 g/mol. The number of carboxylic acid groups (broad SMARTS) is 1. The molecule has 0 aliphatic heterocycles. The lowest BCUT2D eigenvalue weighted by atomic mass is 10.1. The molecule has 1 N–H and O–H groups in total. The van der Waals surface area contributed by atoms with Crippen LogP contribution in [0.1, 0.15) is 5.56 Å². The zero-order valence-corrected chi connectivity index (χ0v) is 10.2. The van der Waals surface area contributed by atoms with E-state index in [1.807, 2.05) is 30.3 Å². The van der Waals surface area contributed by atoms with Crippen LogP contribution in [-0.4, -0.2) is 22.1 Å². The van der Waals surface area contributed by atoms with E-state index in [1.165, 1.54) is 17.3 Å². The van der Waals surface area contributed by atoms with Crippen LogP contribution in [0, 0.1) is 0 Å². The predicted molar refractivity (Wildman–Crippen MR) is 69.0 cm³/mol. The number of carboxylic acids is 1. The van der Waals surface area contributed by atoms with Crippen LogP contribution in [-0.2, 0) is 11.2 Å². The molecule has 16 heavy (non-hydrogen) atoms. The van der Waals surface area contributed by atoms with Gasteiger partial charge < -0.3 is 5.11 Å². The molecule has 86 valence electrons. The van der Waals surface area contributed by atoms with Crippen molar-refractivity contribution >= 4 is 29.3 Å². The Balaban J connectivity index is 2.55. The molecule has 2 nitrogen and oxygen atoms in total. The van der Waals surface area contributed by atoms with Crippen LogP contribution in [0.2, 0.25) is 0 Å². The molecule has 0 heterocycles. The zero-order valence-electron chi connectivity index (χ0n) is 8.67. The van der Waals surface area contributed by atoms with Crippen molar-refractivity contribution in [3.8, 4) is 0 Å². The highest BCUT2D eigenvalue weighted by Gasteiger charge is 2.17. The van der Waals surface area contributed by atoms with Gasteiger partial charge >= 0.3 is 5.97 Å². The van der Waals surface area contributed by atoms with Crippen LogP contribution in [0.4, 0.5) is 0 Å². The number of thioether (sulfide) groups is 1. The topological polar surface area (TPSA) is 37.3 Å². The van der Waals surface area contributed by atoms with Crippen molar-refractivity contribution in [3.63, 3.8) is 0 Å². The Morgan fingerprint density at radius 3 is 2.69 bits per heavy atom. The minimum atomic E-state index is -0.781. The van der Waals surface area contributed by atoms with E-state index in [0.29, 0.717) is 12.2 Å². The number of hydrogen-bond donors (Lipinski definition) is 1. The molecule has 0 bridgehead atoms. The van der Waals surface area contributed by atoms with Crippen LogP contribution in [0.3, 0.4) is 0 Å². The summed E-state index contributed by atoms with van der Waals surface area (Å²) in [6, 6.07) is 9.62. The second-order valence-corrected chi connectivity index (χ2v) is 4.70. The van der Waals surface area contributed by atoms with Crippen molar-refractivity contribution < 1.29 is 9.90 Å². The van der Waals surface area contributed by atoms with E-state index in [9.17, 15) is 4.79 Å². The van der Waals surface area contributed by atoms with Crippen molar-refractivity contribution in [2.24, 2.45) is 0 Å². The molecule has 1 rings (SSSR count). The largest absolute Gasteiger partial charge is 0.480 e. The van der Waals surface area contributed by atoms with Crippen LogP contribution in [0.15, 0.2) is 41.9 Å². The molecule has 1 aromatic rings. The lowest BCUT2D eigenvalue weighted by Gasteiger charge is -2.10. The Kier molecular flexibility index (Phi) is 6.04. The first-order valence-electron chi connectivity index (χ1n) is 4.87. The van der Waals surface area contributed by atoms with Gasteiger partial charge in [0.05, 0.1) is 0 Å². The predicted octanol–water partition coefficient (Wildman–Crippen LogP) is 3.17. The third-order valence-electron chi connectivity index (χ3n) is 2.02. The molecule has 1 aromatic carbocycles. The molecule has 4 heteroatoms. The number of hydrogen-bond acceptors (Lipinski definition) is 2. The Morgan fingerprint density at radius 2 is 2.12 bits per heavy atom. The summed E-state index contributed by atoms with van der Waals surface area (Å²) in [6.07, 6.45) is 2.28. The average Bonchev–Trinajstić information content (AvgIpc) is 2.29. The SMILES string of the molecule is O=C(O)C(Cc1ccccc1)SC/C=C/Cl. The molecule has 1 unspecified atom stereocenters. The summed E-state index contributed by atoms with van der Waals surface area (Å²) < 4.78 is 0. The molecule has 0 saturated carbocycles. The minimum Gasteiger partial charge on any atom is -0.480 e. The van der Waals surface area contributed by atoms with Gasteiger partial charge in [-0.05, 0) is 12.0 Å². The second kappa shape index (κ2) is 7.36. The van der Waals surface area contributed by atoms with Gasteiger partial charge in [-0.1, -0.05) is 48.0 Å². The van der Waals surface area contributed by atoms with Crippen molar-refractivity contribution in [1.29, 1.82) is 0 Å². The van der Waals surface area contributed by atoms with Crippen LogP contribution in [0.25, 0.3) is 0 Å². The molecule has 0 aliphatic rings. The summed E-state index contributed by atoms with van der Waals surface area (Å²) in [5, 5.41) is 8.63. The maximum Gasteiger partial charge on any atom is 0.316 e. The summed E-state index contributed by atoms with van der Waals surface area (Å²) in [6.45, 7) is 0. The normalized spacial score (nSPS) is 12.8. The van der Waals surface area contributed by atoms with Crippen LogP contribution >= 0.6 is 23.4 Å².